The number of carbonyl (C=O) groups is 4. The van der Waals surface area contributed by atoms with Crippen LogP contribution in [-0.2, 0) is 32.0 Å². The van der Waals surface area contributed by atoms with Crippen molar-refractivity contribution < 1.29 is 23.9 Å². The first-order valence-corrected chi connectivity index (χ1v) is 12.2. The molecule has 1 saturated heterocycles. The number of likely N-dealkylation sites (tertiary alicyclic amines) is 1. The minimum absolute atomic E-state index is 0.0259. The summed E-state index contributed by atoms with van der Waals surface area (Å²) in [5.41, 5.74) is 1.47. The molecule has 0 bridgehead atoms. The summed E-state index contributed by atoms with van der Waals surface area (Å²) in [5, 5.41) is 3.39. The highest BCUT2D eigenvalue weighted by Gasteiger charge is 2.47. The molecule has 3 atom stereocenters. The van der Waals surface area contributed by atoms with Gasteiger partial charge < -0.3 is 10.1 Å². The highest BCUT2D eigenvalue weighted by molar-refractivity contribution is 7.17. The fourth-order valence-corrected chi connectivity index (χ4v) is 6.53. The van der Waals surface area contributed by atoms with Crippen LogP contribution < -0.4 is 5.32 Å². The van der Waals surface area contributed by atoms with Gasteiger partial charge in [0, 0.05) is 17.8 Å². The molecule has 2 fully saturated rings. The van der Waals surface area contributed by atoms with Gasteiger partial charge in [0.15, 0.2) is 0 Å². The third kappa shape index (κ3) is 4.27. The van der Waals surface area contributed by atoms with E-state index in [-0.39, 0.29) is 49.1 Å². The molecule has 1 aromatic rings. The van der Waals surface area contributed by atoms with Crippen LogP contribution in [0.4, 0.5) is 5.00 Å². The Hall–Kier alpha value is -2.22. The molecule has 3 aliphatic rings. The zero-order valence-electron chi connectivity index (χ0n) is 18.2. The summed E-state index contributed by atoms with van der Waals surface area (Å²) in [6, 6.07) is 0. The number of fused-ring (bicyclic) bond motifs is 2. The van der Waals surface area contributed by atoms with E-state index in [1.165, 1.54) is 16.2 Å². The fourth-order valence-electron chi connectivity index (χ4n) is 5.11. The van der Waals surface area contributed by atoms with Crippen LogP contribution in [-0.4, -0.2) is 41.7 Å². The van der Waals surface area contributed by atoms with Crippen molar-refractivity contribution in [3.63, 3.8) is 0 Å². The lowest BCUT2D eigenvalue weighted by Gasteiger charge is -2.19. The van der Waals surface area contributed by atoms with E-state index >= 15 is 0 Å². The second kappa shape index (κ2) is 9.10. The number of nitrogens with zero attached hydrogens (tertiary/aromatic N) is 1. The molecule has 0 spiro atoms. The van der Waals surface area contributed by atoms with Crippen molar-refractivity contribution in [3.05, 3.63) is 16.0 Å². The van der Waals surface area contributed by atoms with E-state index in [4.69, 9.17) is 4.74 Å². The third-order valence-electron chi connectivity index (χ3n) is 6.74. The van der Waals surface area contributed by atoms with Gasteiger partial charge in [-0.3, -0.25) is 19.3 Å². The Morgan fingerprint density at radius 1 is 1.13 bits per heavy atom. The van der Waals surface area contributed by atoms with Crippen LogP contribution in [0.25, 0.3) is 0 Å². The molecule has 1 aromatic heterocycles. The molecule has 0 radical (unpaired) electrons. The Morgan fingerprint density at radius 2 is 1.81 bits per heavy atom. The largest absolute Gasteiger partial charge is 0.462 e. The van der Waals surface area contributed by atoms with Crippen molar-refractivity contribution in [2.24, 2.45) is 17.8 Å². The molecular weight excluding hydrogens is 416 g/mol. The van der Waals surface area contributed by atoms with E-state index in [1.54, 1.807) is 6.92 Å². The molecule has 1 aliphatic heterocycles. The van der Waals surface area contributed by atoms with Crippen molar-refractivity contribution in [2.45, 2.75) is 65.2 Å². The summed E-state index contributed by atoms with van der Waals surface area (Å²) in [6.07, 6.45) is 6.21. The lowest BCUT2D eigenvalue weighted by molar-refractivity contribution is -0.140. The Morgan fingerprint density at radius 3 is 2.45 bits per heavy atom. The molecule has 1 N–H and O–H groups in total. The zero-order chi connectivity index (χ0) is 22.1. The van der Waals surface area contributed by atoms with Crippen molar-refractivity contribution in [1.82, 2.24) is 4.90 Å². The number of imide groups is 1. The quantitative estimate of drug-likeness (QED) is 0.533. The number of rotatable bonds is 6. The summed E-state index contributed by atoms with van der Waals surface area (Å²) in [6.45, 7) is 4.31. The van der Waals surface area contributed by atoms with Crippen LogP contribution in [0.2, 0.25) is 0 Å². The highest BCUT2D eigenvalue weighted by atomic mass is 32.1. The number of nitrogens with one attached hydrogen (secondary N) is 1. The van der Waals surface area contributed by atoms with Gasteiger partial charge in [-0.15, -0.1) is 11.3 Å². The average molecular weight is 447 g/mol. The summed E-state index contributed by atoms with van der Waals surface area (Å²) in [5.74, 6) is -0.825. The normalized spacial score (nSPS) is 25.2. The van der Waals surface area contributed by atoms with Crippen molar-refractivity contribution in [3.8, 4) is 0 Å². The predicted octanol–water partition coefficient (Wildman–Crippen LogP) is 3.55. The van der Waals surface area contributed by atoms with Gasteiger partial charge in [0.05, 0.1) is 24.0 Å². The molecule has 0 aromatic carbocycles. The number of hydrogen-bond donors (Lipinski definition) is 1. The lowest BCUT2D eigenvalue weighted by atomic mass is 9.81. The minimum atomic E-state index is -0.404. The Bertz CT molecular complexity index is 884. The molecule has 4 rings (SSSR count). The first-order chi connectivity index (χ1) is 14.9. The zero-order valence-corrected chi connectivity index (χ0v) is 19.0. The first-order valence-electron chi connectivity index (χ1n) is 11.4. The number of anilines is 1. The van der Waals surface area contributed by atoms with Crippen molar-refractivity contribution >= 4 is 40.0 Å². The van der Waals surface area contributed by atoms with E-state index in [0.717, 1.165) is 55.4 Å². The maximum Gasteiger partial charge on any atom is 0.341 e. The molecule has 1 saturated carbocycles. The Labute approximate surface area is 186 Å². The molecule has 31 heavy (non-hydrogen) atoms. The van der Waals surface area contributed by atoms with Crippen molar-refractivity contribution in [2.75, 3.05) is 18.5 Å². The number of amides is 3. The molecule has 0 unspecified atom stereocenters. The van der Waals surface area contributed by atoms with E-state index in [1.807, 2.05) is 0 Å². The minimum Gasteiger partial charge on any atom is -0.462 e. The van der Waals surface area contributed by atoms with Crippen LogP contribution in [0, 0.1) is 17.8 Å². The van der Waals surface area contributed by atoms with Gasteiger partial charge in [-0.25, -0.2) is 4.79 Å². The van der Waals surface area contributed by atoms with Crippen LogP contribution in [0.1, 0.15) is 73.2 Å². The second-order valence-corrected chi connectivity index (χ2v) is 10.0. The molecule has 3 amide bonds. The van der Waals surface area contributed by atoms with E-state index in [0.29, 0.717) is 16.5 Å². The Balaban J connectivity index is 1.44. The summed E-state index contributed by atoms with van der Waals surface area (Å²) < 4.78 is 5.24. The second-order valence-electron chi connectivity index (χ2n) is 8.90. The number of hydrogen-bond acceptors (Lipinski definition) is 6. The molecule has 2 heterocycles. The van der Waals surface area contributed by atoms with E-state index in [9.17, 15) is 19.2 Å². The Kier molecular flexibility index (Phi) is 6.46. The number of esters is 1. The standard InChI is InChI=1S/C23H30N2O5S/c1-3-30-23(29)19-16-9-8-13(2)12-17(16)31-20(19)24-18(26)10-11-25-21(27)14-6-4-5-7-15(14)22(25)28/h13-15H,3-12H2,1-2H3,(H,24,26)/t13-,14-,15+/m1/s1. The van der Waals surface area contributed by atoms with Crippen molar-refractivity contribution in [1.29, 1.82) is 0 Å². The van der Waals surface area contributed by atoms with Gasteiger partial charge in [-0.2, -0.15) is 0 Å². The number of thiophene rings is 1. The van der Waals surface area contributed by atoms with Gasteiger partial charge in [0.1, 0.15) is 5.00 Å². The van der Waals surface area contributed by atoms with Crippen LogP contribution in [0.15, 0.2) is 0 Å². The predicted molar refractivity (Wildman–Crippen MR) is 117 cm³/mol. The van der Waals surface area contributed by atoms with Gasteiger partial charge in [0.25, 0.3) is 0 Å². The molecular formula is C23H30N2O5S. The van der Waals surface area contributed by atoms with Gasteiger partial charge >= 0.3 is 5.97 Å². The van der Waals surface area contributed by atoms with Gasteiger partial charge in [-0.05, 0) is 50.5 Å². The van der Waals surface area contributed by atoms with Gasteiger partial charge in [0.2, 0.25) is 17.7 Å². The topological polar surface area (TPSA) is 92.8 Å². The third-order valence-corrected chi connectivity index (χ3v) is 7.91. The van der Waals surface area contributed by atoms with E-state index in [2.05, 4.69) is 12.2 Å². The molecule has 168 valence electrons. The van der Waals surface area contributed by atoms with Crippen LogP contribution in [0.3, 0.4) is 0 Å². The number of carbonyl (C=O) groups excluding carboxylic acids is 4. The smallest absolute Gasteiger partial charge is 0.341 e. The average Bonchev–Trinajstić information content (AvgIpc) is 3.21. The SMILES string of the molecule is CCOC(=O)c1c(NC(=O)CCN2C(=O)[C@H]3CCCC[C@H]3C2=O)sc2c1CC[C@@H](C)C2. The van der Waals surface area contributed by atoms with Crippen LogP contribution in [0.5, 0.6) is 0 Å². The molecule has 2 aliphatic carbocycles. The maximum absolute atomic E-state index is 12.7. The lowest BCUT2D eigenvalue weighted by Crippen LogP contribution is -2.34. The fraction of sp³-hybridized carbons (Fsp3) is 0.652. The summed E-state index contributed by atoms with van der Waals surface area (Å²) >= 11 is 1.44. The summed E-state index contributed by atoms with van der Waals surface area (Å²) in [4.78, 5) is 52.9. The van der Waals surface area contributed by atoms with E-state index < -0.39 is 5.97 Å². The van der Waals surface area contributed by atoms with Crippen LogP contribution >= 0.6 is 11.3 Å². The molecule has 7 nitrogen and oxygen atoms in total. The highest BCUT2D eigenvalue weighted by Crippen LogP contribution is 2.40. The monoisotopic (exact) mass is 446 g/mol. The maximum atomic E-state index is 12.7. The summed E-state index contributed by atoms with van der Waals surface area (Å²) in [7, 11) is 0. The van der Waals surface area contributed by atoms with Gasteiger partial charge in [-0.1, -0.05) is 19.8 Å². The number of ether oxygens (including phenoxy) is 1. The molecule has 8 heteroatoms. The first kappa shape index (κ1) is 22.0.